The molecule has 0 amide bonds. The highest BCUT2D eigenvalue weighted by atomic mass is 16.7. The molecular weight excluding hydrogens is 270 g/mol. The Morgan fingerprint density at radius 3 is 1.86 bits per heavy atom. The number of nitrogens with zero attached hydrogens (tertiary/aromatic N) is 1. The molecule has 0 bridgehead atoms. The number of benzene rings is 2. The van der Waals surface area contributed by atoms with Crippen LogP contribution >= 0.6 is 0 Å². The van der Waals surface area contributed by atoms with Gasteiger partial charge in [0.05, 0.1) is 4.92 Å². The molecule has 2 heterocycles. The molecule has 0 aromatic heterocycles. The lowest BCUT2D eigenvalue weighted by Gasteiger charge is -1.95. The number of hydrogen-bond acceptors (Lipinski definition) is 4. The first-order chi connectivity index (χ1) is 10.2. The zero-order valence-corrected chi connectivity index (χ0v) is 11.1. The first kappa shape index (κ1) is 12.5. The van der Waals surface area contributed by atoms with Gasteiger partial charge in [-0.2, -0.15) is 0 Å². The number of ether oxygens (including phenoxy) is 2. The van der Waals surface area contributed by atoms with Crippen LogP contribution < -0.4 is 0 Å². The molecule has 4 atom stereocenters. The minimum atomic E-state index is -0.398. The normalized spacial score (nSPS) is 29.9. The van der Waals surface area contributed by atoms with Gasteiger partial charge in [-0.05, 0) is 23.3 Å². The monoisotopic (exact) mass is 283 g/mol. The van der Waals surface area contributed by atoms with Crippen molar-refractivity contribution in [3.63, 3.8) is 0 Å². The van der Waals surface area contributed by atoms with Crippen molar-refractivity contribution < 1.29 is 14.4 Å². The van der Waals surface area contributed by atoms with Crippen LogP contribution in [0.25, 0.3) is 0 Å². The van der Waals surface area contributed by atoms with E-state index in [4.69, 9.17) is 9.47 Å². The lowest BCUT2D eigenvalue weighted by Crippen LogP contribution is -2.00. The molecule has 0 saturated carbocycles. The molecule has 21 heavy (non-hydrogen) atoms. The highest BCUT2D eigenvalue weighted by Gasteiger charge is 2.58. The number of hydrogen-bond donors (Lipinski definition) is 0. The quantitative estimate of drug-likeness (QED) is 0.491. The topological polar surface area (TPSA) is 68.2 Å². The lowest BCUT2D eigenvalue weighted by molar-refractivity contribution is -0.384. The van der Waals surface area contributed by atoms with Gasteiger partial charge in [0.25, 0.3) is 5.69 Å². The Morgan fingerprint density at radius 2 is 1.33 bits per heavy atom. The molecule has 0 spiro atoms. The third kappa shape index (κ3) is 2.30. The standard InChI is InChI=1S/C16H13NO4/c18-17(19)12-8-6-11(7-9-12)14-16(21-14)15-13(20-15)10-4-2-1-3-5-10/h1-9,13-16H. The lowest BCUT2D eigenvalue weighted by atomic mass is 10.0. The summed E-state index contributed by atoms with van der Waals surface area (Å²) in [5.41, 5.74) is 2.23. The zero-order chi connectivity index (χ0) is 14.4. The molecule has 5 heteroatoms. The van der Waals surface area contributed by atoms with Crippen molar-refractivity contribution in [2.45, 2.75) is 24.4 Å². The minimum Gasteiger partial charge on any atom is -0.362 e. The summed E-state index contributed by atoms with van der Waals surface area (Å²) in [5.74, 6) is 0. The van der Waals surface area contributed by atoms with Gasteiger partial charge in [-0.1, -0.05) is 30.3 Å². The summed E-state index contributed by atoms with van der Waals surface area (Å²) in [4.78, 5) is 10.2. The molecule has 0 aliphatic carbocycles. The Morgan fingerprint density at radius 1 is 0.810 bits per heavy atom. The molecule has 2 aromatic rings. The van der Waals surface area contributed by atoms with E-state index in [-0.39, 0.29) is 30.1 Å². The van der Waals surface area contributed by atoms with E-state index >= 15 is 0 Å². The third-order valence-electron chi connectivity index (χ3n) is 3.94. The molecule has 106 valence electrons. The maximum absolute atomic E-state index is 10.6. The minimum absolute atomic E-state index is 0.00971. The van der Waals surface area contributed by atoms with Gasteiger partial charge in [-0.15, -0.1) is 0 Å². The van der Waals surface area contributed by atoms with Gasteiger partial charge in [-0.3, -0.25) is 10.1 Å². The van der Waals surface area contributed by atoms with Crippen LogP contribution in [0.1, 0.15) is 23.3 Å². The van der Waals surface area contributed by atoms with E-state index in [9.17, 15) is 10.1 Å². The molecule has 2 aliphatic rings. The average molecular weight is 283 g/mol. The van der Waals surface area contributed by atoms with E-state index in [0.717, 1.165) is 5.56 Å². The Hall–Kier alpha value is -2.24. The summed E-state index contributed by atoms with van der Waals surface area (Å²) in [7, 11) is 0. The first-order valence-electron chi connectivity index (χ1n) is 6.84. The third-order valence-corrected chi connectivity index (χ3v) is 3.94. The second-order valence-corrected chi connectivity index (χ2v) is 5.30. The second kappa shape index (κ2) is 4.65. The van der Waals surface area contributed by atoms with Gasteiger partial charge in [0.15, 0.2) is 0 Å². The van der Waals surface area contributed by atoms with E-state index in [2.05, 4.69) is 0 Å². The summed E-state index contributed by atoms with van der Waals surface area (Å²) in [6.07, 6.45) is 0.244. The molecule has 0 N–H and O–H groups in total. The fourth-order valence-electron chi connectivity index (χ4n) is 2.71. The molecule has 2 saturated heterocycles. The molecule has 2 aromatic carbocycles. The van der Waals surface area contributed by atoms with Gasteiger partial charge < -0.3 is 9.47 Å². The largest absolute Gasteiger partial charge is 0.362 e. The summed E-state index contributed by atoms with van der Waals surface area (Å²) >= 11 is 0. The van der Waals surface area contributed by atoms with Crippen LogP contribution in [0.5, 0.6) is 0 Å². The number of rotatable bonds is 4. The van der Waals surface area contributed by atoms with Crippen molar-refractivity contribution in [2.75, 3.05) is 0 Å². The Bertz CT molecular complexity index is 670. The number of non-ortho nitro benzene ring substituents is 1. The van der Waals surface area contributed by atoms with Crippen LogP contribution in [0, 0.1) is 10.1 Å². The SMILES string of the molecule is O=[N+]([O-])c1ccc(C2OC2C2OC2c2ccccc2)cc1. The van der Waals surface area contributed by atoms with E-state index in [1.54, 1.807) is 12.1 Å². The average Bonchev–Trinajstić information content (AvgIpc) is 3.40. The summed E-state index contributed by atoms with van der Waals surface area (Å²) in [6, 6.07) is 16.6. The molecular formula is C16H13NO4. The van der Waals surface area contributed by atoms with E-state index in [0.29, 0.717) is 0 Å². The molecule has 4 rings (SSSR count). The fraction of sp³-hybridized carbons (Fsp3) is 0.250. The summed E-state index contributed by atoms with van der Waals surface area (Å²) in [5, 5.41) is 10.6. The van der Waals surface area contributed by atoms with Crippen molar-refractivity contribution >= 4 is 5.69 Å². The van der Waals surface area contributed by atoms with Crippen LogP contribution in [0.3, 0.4) is 0 Å². The maximum atomic E-state index is 10.6. The van der Waals surface area contributed by atoms with Crippen LogP contribution in [-0.4, -0.2) is 17.1 Å². The Labute approximate surface area is 121 Å². The van der Waals surface area contributed by atoms with Crippen molar-refractivity contribution in [3.8, 4) is 0 Å². The number of epoxide rings is 2. The van der Waals surface area contributed by atoms with Crippen LogP contribution in [-0.2, 0) is 9.47 Å². The van der Waals surface area contributed by atoms with Gasteiger partial charge in [0.2, 0.25) is 0 Å². The molecule has 0 radical (unpaired) electrons. The van der Waals surface area contributed by atoms with Crippen LogP contribution in [0.2, 0.25) is 0 Å². The van der Waals surface area contributed by atoms with Crippen molar-refractivity contribution in [1.82, 2.24) is 0 Å². The van der Waals surface area contributed by atoms with Crippen molar-refractivity contribution in [3.05, 3.63) is 75.8 Å². The number of nitro groups is 1. The predicted octanol–water partition coefficient (Wildman–Crippen LogP) is 3.17. The van der Waals surface area contributed by atoms with E-state index < -0.39 is 4.92 Å². The maximum Gasteiger partial charge on any atom is 0.269 e. The Balaban J connectivity index is 1.42. The molecule has 5 nitrogen and oxygen atoms in total. The van der Waals surface area contributed by atoms with Gasteiger partial charge in [-0.25, -0.2) is 0 Å². The summed E-state index contributed by atoms with van der Waals surface area (Å²) < 4.78 is 11.4. The second-order valence-electron chi connectivity index (χ2n) is 5.30. The van der Waals surface area contributed by atoms with Crippen molar-refractivity contribution in [1.29, 1.82) is 0 Å². The fourth-order valence-corrected chi connectivity index (χ4v) is 2.71. The molecule has 2 fully saturated rings. The zero-order valence-electron chi connectivity index (χ0n) is 11.1. The van der Waals surface area contributed by atoms with Gasteiger partial charge in [0.1, 0.15) is 24.4 Å². The Kier molecular flexibility index (Phi) is 2.77. The van der Waals surface area contributed by atoms with E-state index in [1.165, 1.54) is 17.7 Å². The summed E-state index contributed by atoms with van der Waals surface area (Å²) in [6.45, 7) is 0. The predicted molar refractivity (Wildman–Crippen MR) is 74.8 cm³/mol. The van der Waals surface area contributed by atoms with Crippen LogP contribution in [0.4, 0.5) is 5.69 Å². The van der Waals surface area contributed by atoms with Crippen molar-refractivity contribution in [2.24, 2.45) is 0 Å². The highest BCUT2D eigenvalue weighted by Crippen LogP contribution is 2.53. The smallest absolute Gasteiger partial charge is 0.269 e. The van der Waals surface area contributed by atoms with Gasteiger partial charge in [0, 0.05) is 12.1 Å². The van der Waals surface area contributed by atoms with Gasteiger partial charge >= 0.3 is 0 Å². The number of nitro benzene ring substituents is 1. The molecule has 2 aliphatic heterocycles. The van der Waals surface area contributed by atoms with E-state index in [1.807, 2.05) is 30.3 Å². The highest BCUT2D eigenvalue weighted by molar-refractivity contribution is 5.36. The first-order valence-corrected chi connectivity index (χ1v) is 6.84. The van der Waals surface area contributed by atoms with Crippen LogP contribution in [0.15, 0.2) is 54.6 Å². The molecule has 4 unspecified atom stereocenters.